The van der Waals surface area contributed by atoms with E-state index in [0.29, 0.717) is 18.6 Å². The zero-order chi connectivity index (χ0) is 12.7. The molecule has 0 aromatic carbocycles. The molecule has 0 aromatic heterocycles. The molecule has 92 valence electrons. The fraction of sp³-hybridized carbons (Fsp3) is 0.462. The van der Waals surface area contributed by atoms with Gasteiger partial charge in [-0.1, -0.05) is 13.2 Å². The second-order valence-corrected chi connectivity index (χ2v) is 4.06. The number of Topliss-reactive ketones (excluding diaryl/α,β-unsaturated/α-hetero) is 1. The molecule has 0 spiro atoms. The van der Waals surface area contributed by atoms with Gasteiger partial charge < -0.3 is 5.32 Å². The molecule has 1 saturated carbocycles. The van der Waals surface area contributed by atoms with Crippen molar-refractivity contribution in [2.24, 2.45) is 4.99 Å². The summed E-state index contributed by atoms with van der Waals surface area (Å²) in [6.07, 6.45) is 5.77. The molecule has 0 aliphatic heterocycles. The smallest absolute Gasteiger partial charge is 0.226 e. The maximum Gasteiger partial charge on any atom is 0.226 e. The van der Waals surface area contributed by atoms with Gasteiger partial charge in [0.25, 0.3) is 0 Å². The molecule has 0 saturated heterocycles. The number of nitrogens with zero attached hydrogens (tertiary/aromatic N) is 1. The topological polar surface area (TPSA) is 58.5 Å². The van der Waals surface area contributed by atoms with Gasteiger partial charge in [0.1, 0.15) is 5.78 Å². The predicted molar refractivity (Wildman–Crippen MR) is 67.9 cm³/mol. The van der Waals surface area contributed by atoms with Gasteiger partial charge >= 0.3 is 0 Å². The average molecular weight is 234 g/mol. The number of carbonyl (C=O) groups excluding carboxylic acids is 2. The van der Waals surface area contributed by atoms with Gasteiger partial charge in [-0.25, -0.2) is 0 Å². The number of aliphatic imine (C=N–C) groups is 1. The number of amides is 1. The van der Waals surface area contributed by atoms with E-state index >= 15 is 0 Å². The first-order chi connectivity index (χ1) is 8.15. The first kappa shape index (κ1) is 13.4. The third-order valence-electron chi connectivity index (χ3n) is 2.74. The molecule has 1 aliphatic carbocycles. The van der Waals surface area contributed by atoms with Crippen molar-refractivity contribution in [3.63, 3.8) is 0 Å². The maximum atomic E-state index is 11.7. The summed E-state index contributed by atoms with van der Waals surface area (Å²) in [5.74, 6) is 0.209. The van der Waals surface area contributed by atoms with Crippen LogP contribution in [0.15, 0.2) is 30.4 Å². The van der Waals surface area contributed by atoms with Crippen molar-refractivity contribution in [2.45, 2.75) is 38.1 Å². The van der Waals surface area contributed by atoms with Crippen LogP contribution in [0.25, 0.3) is 0 Å². The highest BCUT2D eigenvalue weighted by Gasteiger charge is 2.20. The molecule has 0 atom stereocenters. The monoisotopic (exact) mass is 234 g/mol. The van der Waals surface area contributed by atoms with E-state index in [1.807, 2.05) is 0 Å². The molecule has 0 heterocycles. The number of carbonyl (C=O) groups is 2. The molecular formula is C13H18N2O2. The van der Waals surface area contributed by atoms with Crippen molar-refractivity contribution in [2.75, 3.05) is 0 Å². The SMILES string of the molecule is C=CN=C(C=C)CC(=O)NC1CCC(=O)CC1. The summed E-state index contributed by atoms with van der Waals surface area (Å²) in [6, 6.07) is 0.120. The van der Waals surface area contributed by atoms with Gasteiger partial charge in [-0.15, -0.1) is 0 Å². The fourth-order valence-electron chi connectivity index (χ4n) is 1.82. The fourth-order valence-corrected chi connectivity index (χ4v) is 1.82. The molecule has 1 amide bonds. The summed E-state index contributed by atoms with van der Waals surface area (Å²) in [4.78, 5) is 26.7. The van der Waals surface area contributed by atoms with Crippen LogP contribution in [0.1, 0.15) is 32.1 Å². The Balaban J connectivity index is 2.39. The standard InChI is InChI=1S/C13H18N2O2/c1-3-10(14-4-2)9-13(17)15-11-5-7-12(16)8-6-11/h3-4,11H,1-2,5-9H2,(H,15,17). The van der Waals surface area contributed by atoms with E-state index in [1.165, 1.54) is 6.20 Å². The Bertz CT molecular complexity index is 348. The first-order valence-electron chi connectivity index (χ1n) is 5.76. The van der Waals surface area contributed by atoms with Gasteiger partial charge in [-0.2, -0.15) is 0 Å². The second-order valence-electron chi connectivity index (χ2n) is 4.06. The van der Waals surface area contributed by atoms with Gasteiger partial charge in [-0.3, -0.25) is 14.6 Å². The average Bonchev–Trinajstić information content (AvgIpc) is 2.31. The molecule has 4 heteroatoms. The van der Waals surface area contributed by atoms with Gasteiger partial charge in [-0.05, 0) is 18.9 Å². The zero-order valence-electron chi connectivity index (χ0n) is 9.95. The maximum absolute atomic E-state index is 11.7. The number of nitrogens with one attached hydrogen (secondary N) is 1. The van der Waals surface area contributed by atoms with Crippen LogP contribution in [0.2, 0.25) is 0 Å². The van der Waals surface area contributed by atoms with Gasteiger partial charge in [0, 0.05) is 30.8 Å². The first-order valence-corrected chi connectivity index (χ1v) is 5.76. The summed E-state index contributed by atoms with van der Waals surface area (Å²) < 4.78 is 0. The Morgan fingerprint density at radius 2 is 2.06 bits per heavy atom. The number of hydrogen-bond donors (Lipinski definition) is 1. The van der Waals surface area contributed by atoms with Gasteiger partial charge in [0.2, 0.25) is 5.91 Å². The number of hydrogen-bond acceptors (Lipinski definition) is 3. The quantitative estimate of drug-likeness (QED) is 0.737. The Morgan fingerprint density at radius 3 is 2.59 bits per heavy atom. The molecule has 4 nitrogen and oxygen atoms in total. The van der Waals surface area contributed by atoms with Crippen molar-refractivity contribution in [3.8, 4) is 0 Å². The molecule has 1 N–H and O–H groups in total. The van der Waals surface area contributed by atoms with Gasteiger partial charge in [0.15, 0.2) is 0 Å². The summed E-state index contributed by atoms with van der Waals surface area (Å²) in [7, 11) is 0. The molecule has 1 fully saturated rings. The van der Waals surface area contributed by atoms with E-state index in [4.69, 9.17) is 0 Å². The molecule has 1 rings (SSSR count). The van der Waals surface area contributed by atoms with Gasteiger partial charge in [0.05, 0.1) is 6.42 Å². The highest BCUT2D eigenvalue weighted by atomic mass is 16.1. The Hall–Kier alpha value is -1.71. The van der Waals surface area contributed by atoms with Crippen molar-refractivity contribution in [3.05, 3.63) is 25.4 Å². The minimum absolute atomic E-state index is 0.0788. The van der Waals surface area contributed by atoms with Crippen molar-refractivity contribution in [1.29, 1.82) is 0 Å². The summed E-state index contributed by atoms with van der Waals surface area (Å²) in [6.45, 7) is 7.06. The second kappa shape index (κ2) is 6.78. The molecule has 1 aliphatic rings. The molecule has 0 aromatic rings. The van der Waals surface area contributed by atoms with Crippen LogP contribution in [0.3, 0.4) is 0 Å². The van der Waals surface area contributed by atoms with E-state index < -0.39 is 0 Å². The van der Waals surface area contributed by atoms with Crippen molar-refractivity contribution < 1.29 is 9.59 Å². The van der Waals surface area contributed by atoms with E-state index in [-0.39, 0.29) is 24.2 Å². The molecular weight excluding hydrogens is 216 g/mol. The number of rotatable bonds is 5. The highest BCUT2D eigenvalue weighted by molar-refractivity contribution is 6.07. The minimum atomic E-state index is -0.0788. The lowest BCUT2D eigenvalue weighted by atomic mass is 9.94. The third kappa shape index (κ3) is 4.76. The highest BCUT2D eigenvalue weighted by Crippen LogP contribution is 2.14. The Morgan fingerprint density at radius 1 is 1.41 bits per heavy atom. The van der Waals surface area contributed by atoms with E-state index in [0.717, 1.165) is 12.8 Å². The van der Waals surface area contributed by atoms with Crippen LogP contribution in [0.4, 0.5) is 0 Å². The lowest BCUT2D eigenvalue weighted by Gasteiger charge is -2.22. The summed E-state index contributed by atoms with van der Waals surface area (Å²) in [5.41, 5.74) is 0.601. The van der Waals surface area contributed by atoms with E-state index in [1.54, 1.807) is 6.08 Å². The minimum Gasteiger partial charge on any atom is -0.353 e. The van der Waals surface area contributed by atoms with Crippen LogP contribution >= 0.6 is 0 Å². The third-order valence-corrected chi connectivity index (χ3v) is 2.74. The zero-order valence-corrected chi connectivity index (χ0v) is 9.95. The normalized spacial score (nSPS) is 17.6. The summed E-state index contributed by atoms with van der Waals surface area (Å²) in [5, 5.41) is 2.91. The van der Waals surface area contributed by atoms with Crippen LogP contribution in [0.5, 0.6) is 0 Å². The van der Waals surface area contributed by atoms with E-state index in [9.17, 15) is 9.59 Å². The molecule has 0 bridgehead atoms. The van der Waals surface area contributed by atoms with Crippen LogP contribution < -0.4 is 5.32 Å². The van der Waals surface area contributed by atoms with Crippen LogP contribution in [-0.2, 0) is 9.59 Å². The molecule has 0 radical (unpaired) electrons. The lowest BCUT2D eigenvalue weighted by molar-refractivity contribution is -0.124. The Kier molecular flexibility index (Phi) is 5.33. The Labute approximate surface area is 102 Å². The van der Waals surface area contributed by atoms with Crippen molar-refractivity contribution >= 4 is 17.4 Å². The number of ketones is 1. The van der Waals surface area contributed by atoms with Crippen LogP contribution in [0, 0.1) is 0 Å². The molecule has 0 unspecified atom stereocenters. The largest absolute Gasteiger partial charge is 0.353 e. The lowest BCUT2D eigenvalue weighted by Crippen LogP contribution is -2.38. The summed E-state index contributed by atoms with van der Waals surface area (Å²) >= 11 is 0. The van der Waals surface area contributed by atoms with Crippen LogP contribution in [-0.4, -0.2) is 23.4 Å². The number of allylic oxidation sites excluding steroid dienone is 1. The van der Waals surface area contributed by atoms with Crippen molar-refractivity contribution in [1.82, 2.24) is 5.32 Å². The molecule has 17 heavy (non-hydrogen) atoms. The van der Waals surface area contributed by atoms with E-state index in [2.05, 4.69) is 23.5 Å². The predicted octanol–water partition coefficient (Wildman–Crippen LogP) is 1.77.